The van der Waals surface area contributed by atoms with E-state index < -0.39 is 0 Å². The van der Waals surface area contributed by atoms with Gasteiger partial charge in [-0.2, -0.15) is 0 Å². The zero-order valence-corrected chi connectivity index (χ0v) is 8.34. The van der Waals surface area contributed by atoms with Gasteiger partial charge in [-0.05, 0) is 37.3 Å². The Bertz CT molecular complexity index is 290. The van der Waals surface area contributed by atoms with E-state index in [2.05, 4.69) is 32.0 Å². The van der Waals surface area contributed by atoms with Gasteiger partial charge in [0.25, 0.3) is 0 Å². The second kappa shape index (κ2) is 3.41. The van der Waals surface area contributed by atoms with Crippen LogP contribution in [0.2, 0.25) is 0 Å². The first-order chi connectivity index (χ1) is 6.31. The molecule has 1 aromatic rings. The van der Waals surface area contributed by atoms with Gasteiger partial charge in [0.15, 0.2) is 0 Å². The molecule has 1 unspecified atom stereocenters. The van der Waals surface area contributed by atoms with E-state index in [1.54, 1.807) is 0 Å². The Hall–Kier alpha value is -0.980. The maximum absolute atomic E-state index is 5.85. The van der Waals surface area contributed by atoms with E-state index in [9.17, 15) is 0 Å². The molecule has 1 aromatic carbocycles. The van der Waals surface area contributed by atoms with Gasteiger partial charge >= 0.3 is 0 Å². The van der Waals surface area contributed by atoms with Gasteiger partial charge in [-0.15, -0.1) is 0 Å². The molecule has 1 aliphatic rings. The van der Waals surface area contributed by atoms with Crippen molar-refractivity contribution in [1.82, 2.24) is 0 Å². The quantitative estimate of drug-likeness (QED) is 0.639. The third kappa shape index (κ3) is 1.55. The molecule has 70 valence electrons. The fraction of sp³-hybridized carbons (Fsp3) is 0.500. The summed E-state index contributed by atoms with van der Waals surface area (Å²) < 4.78 is 5.85. The van der Waals surface area contributed by atoms with Crippen LogP contribution in [-0.2, 0) is 12.8 Å². The van der Waals surface area contributed by atoms with Crippen LogP contribution in [0, 0.1) is 0 Å². The Morgan fingerprint density at radius 3 is 3.08 bits per heavy atom. The van der Waals surface area contributed by atoms with Gasteiger partial charge in [-0.25, -0.2) is 0 Å². The Morgan fingerprint density at radius 2 is 2.31 bits per heavy atom. The van der Waals surface area contributed by atoms with Crippen molar-refractivity contribution in [3.63, 3.8) is 0 Å². The first-order valence-electron chi connectivity index (χ1n) is 5.08. The largest absolute Gasteiger partial charge is 0.490 e. The highest BCUT2D eigenvalue weighted by Gasteiger charge is 2.17. The molecule has 0 bridgehead atoms. The van der Waals surface area contributed by atoms with E-state index in [1.165, 1.54) is 17.5 Å². The second-order valence-electron chi connectivity index (χ2n) is 3.73. The molecule has 0 fully saturated rings. The summed E-state index contributed by atoms with van der Waals surface area (Å²) in [4.78, 5) is 0. The number of hydrogen-bond donors (Lipinski definition) is 0. The molecule has 0 amide bonds. The number of benzene rings is 1. The van der Waals surface area contributed by atoms with Gasteiger partial charge in [0.1, 0.15) is 5.75 Å². The van der Waals surface area contributed by atoms with Crippen molar-refractivity contribution in [1.29, 1.82) is 0 Å². The average molecular weight is 176 g/mol. The Kier molecular flexibility index (Phi) is 2.26. The van der Waals surface area contributed by atoms with Gasteiger partial charge in [-0.3, -0.25) is 0 Å². The molecule has 1 atom stereocenters. The zero-order chi connectivity index (χ0) is 9.26. The van der Waals surface area contributed by atoms with Gasteiger partial charge < -0.3 is 4.74 Å². The normalized spacial score (nSPS) is 20.6. The standard InChI is InChI=1S/C12H16O/c1-3-10-5-4-6-11-8-7-9(2)13-12(10)11/h4-6,9H,3,7-8H2,1-2H3. The highest BCUT2D eigenvalue weighted by atomic mass is 16.5. The topological polar surface area (TPSA) is 9.23 Å². The molecule has 0 saturated heterocycles. The lowest BCUT2D eigenvalue weighted by Gasteiger charge is -2.25. The average Bonchev–Trinajstić information content (AvgIpc) is 2.17. The molecule has 0 aromatic heterocycles. The summed E-state index contributed by atoms with van der Waals surface area (Å²) in [5, 5.41) is 0. The van der Waals surface area contributed by atoms with Crippen molar-refractivity contribution in [3.8, 4) is 5.75 Å². The van der Waals surface area contributed by atoms with Gasteiger partial charge in [-0.1, -0.05) is 25.1 Å². The van der Waals surface area contributed by atoms with E-state index in [0.29, 0.717) is 6.10 Å². The van der Waals surface area contributed by atoms with Gasteiger partial charge in [0.2, 0.25) is 0 Å². The summed E-state index contributed by atoms with van der Waals surface area (Å²) in [5.41, 5.74) is 2.74. The van der Waals surface area contributed by atoms with Gasteiger partial charge in [0, 0.05) is 0 Å². The molecule has 1 nitrogen and oxygen atoms in total. The number of ether oxygens (including phenoxy) is 1. The minimum Gasteiger partial charge on any atom is -0.490 e. The SMILES string of the molecule is CCc1cccc2c1OC(C)CC2. The predicted molar refractivity (Wildman–Crippen MR) is 54.2 cm³/mol. The Labute approximate surface area is 79.7 Å². The summed E-state index contributed by atoms with van der Waals surface area (Å²) in [7, 11) is 0. The monoisotopic (exact) mass is 176 g/mol. The summed E-state index contributed by atoms with van der Waals surface area (Å²) >= 11 is 0. The van der Waals surface area contributed by atoms with Gasteiger partial charge in [0.05, 0.1) is 6.10 Å². The lowest BCUT2D eigenvalue weighted by molar-refractivity contribution is 0.190. The minimum atomic E-state index is 0.389. The summed E-state index contributed by atoms with van der Waals surface area (Å²) in [6.07, 6.45) is 3.78. The molecule has 1 aliphatic heterocycles. The van der Waals surface area contributed by atoms with Crippen molar-refractivity contribution in [2.75, 3.05) is 0 Å². The molecule has 13 heavy (non-hydrogen) atoms. The van der Waals surface area contributed by atoms with E-state index in [1.807, 2.05) is 0 Å². The molecule has 0 radical (unpaired) electrons. The molecule has 0 N–H and O–H groups in total. The highest BCUT2D eigenvalue weighted by molar-refractivity contribution is 5.42. The van der Waals surface area contributed by atoms with Crippen molar-refractivity contribution in [2.45, 2.75) is 39.2 Å². The Morgan fingerprint density at radius 1 is 1.46 bits per heavy atom. The van der Waals surface area contributed by atoms with Crippen molar-refractivity contribution < 1.29 is 4.74 Å². The number of hydrogen-bond acceptors (Lipinski definition) is 1. The lowest BCUT2D eigenvalue weighted by Crippen LogP contribution is -2.19. The molecular weight excluding hydrogens is 160 g/mol. The predicted octanol–water partition coefficient (Wildman–Crippen LogP) is 2.96. The smallest absolute Gasteiger partial charge is 0.126 e. The first-order valence-corrected chi connectivity index (χ1v) is 5.08. The van der Waals surface area contributed by atoms with Crippen LogP contribution in [0.5, 0.6) is 5.75 Å². The van der Waals surface area contributed by atoms with Crippen LogP contribution in [0.15, 0.2) is 18.2 Å². The third-order valence-corrected chi connectivity index (χ3v) is 2.70. The third-order valence-electron chi connectivity index (χ3n) is 2.70. The fourth-order valence-electron chi connectivity index (χ4n) is 1.88. The number of rotatable bonds is 1. The van der Waals surface area contributed by atoms with Crippen LogP contribution in [0.1, 0.15) is 31.4 Å². The van der Waals surface area contributed by atoms with Crippen LogP contribution in [0.3, 0.4) is 0 Å². The minimum absolute atomic E-state index is 0.389. The van der Waals surface area contributed by atoms with E-state index >= 15 is 0 Å². The molecule has 0 aliphatic carbocycles. The molecule has 1 heteroatoms. The zero-order valence-electron chi connectivity index (χ0n) is 8.34. The summed E-state index contributed by atoms with van der Waals surface area (Å²) in [5.74, 6) is 1.16. The van der Waals surface area contributed by atoms with Crippen LogP contribution >= 0.6 is 0 Å². The molecular formula is C12H16O. The summed E-state index contributed by atoms with van der Waals surface area (Å²) in [6.45, 7) is 4.33. The van der Waals surface area contributed by atoms with Crippen molar-refractivity contribution >= 4 is 0 Å². The first kappa shape index (κ1) is 8.61. The maximum Gasteiger partial charge on any atom is 0.126 e. The molecule has 1 heterocycles. The number of fused-ring (bicyclic) bond motifs is 1. The Balaban J connectivity index is 2.41. The second-order valence-corrected chi connectivity index (χ2v) is 3.73. The van der Waals surface area contributed by atoms with Crippen LogP contribution < -0.4 is 4.74 Å². The highest BCUT2D eigenvalue weighted by Crippen LogP contribution is 2.31. The number of para-hydroxylation sites is 1. The van der Waals surface area contributed by atoms with Crippen molar-refractivity contribution in [3.05, 3.63) is 29.3 Å². The fourth-order valence-corrected chi connectivity index (χ4v) is 1.88. The molecule has 0 saturated carbocycles. The van der Waals surface area contributed by atoms with E-state index in [-0.39, 0.29) is 0 Å². The van der Waals surface area contributed by atoms with E-state index in [4.69, 9.17) is 4.74 Å². The molecule has 0 spiro atoms. The van der Waals surface area contributed by atoms with Crippen LogP contribution in [0.4, 0.5) is 0 Å². The van der Waals surface area contributed by atoms with Crippen LogP contribution in [0.25, 0.3) is 0 Å². The van der Waals surface area contributed by atoms with E-state index in [0.717, 1.165) is 18.6 Å². The van der Waals surface area contributed by atoms with Crippen LogP contribution in [-0.4, -0.2) is 6.10 Å². The maximum atomic E-state index is 5.85. The summed E-state index contributed by atoms with van der Waals surface area (Å²) in [6, 6.07) is 6.48. The number of aryl methyl sites for hydroxylation is 2. The van der Waals surface area contributed by atoms with Crippen molar-refractivity contribution in [2.24, 2.45) is 0 Å². The molecule has 2 rings (SSSR count). The lowest BCUT2D eigenvalue weighted by atomic mass is 9.99.